The van der Waals surface area contributed by atoms with Gasteiger partial charge in [0, 0.05) is 11.6 Å². The maximum Gasteiger partial charge on any atom is 0.339 e. The quantitative estimate of drug-likeness (QED) is 0.494. The number of hydrogen-bond acceptors (Lipinski definition) is 7. The largest absolute Gasteiger partial charge is 0.469 e. The van der Waals surface area contributed by atoms with Crippen LogP contribution in [0.5, 0.6) is 0 Å². The fourth-order valence-electron chi connectivity index (χ4n) is 3.29. The molecule has 0 fully saturated rings. The van der Waals surface area contributed by atoms with Crippen molar-refractivity contribution in [1.82, 2.24) is 19.7 Å². The van der Waals surface area contributed by atoms with Crippen LogP contribution < -0.4 is 0 Å². The number of methoxy groups -OCH3 is 2. The molecule has 0 saturated heterocycles. The standard InChI is InChI=1S/C21H18N4O4/c1-12-18-19-13(9-15(21(27)29-3)16(23-19)10-17(26)28-2)11-22-20(18)25(24-12)14-7-5-4-6-8-14/h4-9,11H,10H2,1-3H3. The van der Waals surface area contributed by atoms with E-state index in [0.717, 1.165) is 16.8 Å². The number of nitrogens with zero attached hydrogens (tertiary/aromatic N) is 4. The summed E-state index contributed by atoms with van der Waals surface area (Å²) in [5.41, 5.74) is 3.36. The lowest BCUT2D eigenvalue weighted by Crippen LogP contribution is -2.13. The molecule has 1 aromatic carbocycles. The first-order valence-electron chi connectivity index (χ1n) is 8.92. The normalized spacial score (nSPS) is 11.0. The van der Waals surface area contributed by atoms with E-state index in [4.69, 9.17) is 9.47 Å². The van der Waals surface area contributed by atoms with Gasteiger partial charge in [-0.15, -0.1) is 0 Å². The lowest BCUT2D eigenvalue weighted by Gasteiger charge is -2.09. The van der Waals surface area contributed by atoms with Crippen LogP contribution in [0, 0.1) is 6.92 Å². The van der Waals surface area contributed by atoms with E-state index in [2.05, 4.69) is 15.1 Å². The maximum atomic E-state index is 12.2. The van der Waals surface area contributed by atoms with E-state index < -0.39 is 11.9 Å². The number of esters is 2. The van der Waals surface area contributed by atoms with Crippen molar-refractivity contribution in [2.45, 2.75) is 13.3 Å². The lowest BCUT2D eigenvalue weighted by atomic mass is 10.1. The molecule has 0 amide bonds. The molecule has 0 atom stereocenters. The molecule has 8 nitrogen and oxygen atoms in total. The molecule has 0 spiro atoms. The summed E-state index contributed by atoms with van der Waals surface area (Å²) in [6, 6.07) is 11.3. The van der Waals surface area contributed by atoms with Crippen LogP contribution in [-0.4, -0.2) is 45.9 Å². The molecule has 0 N–H and O–H groups in total. The predicted molar refractivity (Wildman–Crippen MR) is 106 cm³/mol. The number of rotatable bonds is 4. The van der Waals surface area contributed by atoms with Gasteiger partial charge in [-0.2, -0.15) is 5.10 Å². The van der Waals surface area contributed by atoms with Crippen molar-refractivity contribution in [1.29, 1.82) is 0 Å². The number of pyridine rings is 2. The molecule has 4 rings (SSSR count). The highest BCUT2D eigenvalue weighted by molar-refractivity contribution is 6.06. The number of para-hydroxylation sites is 1. The van der Waals surface area contributed by atoms with Crippen LogP contribution in [0.15, 0.2) is 42.6 Å². The van der Waals surface area contributed by atoms with Crippen LogP contribution in [0.3, 0.4) is 0 Å². The SMILES string of the molecule is COC(=O)Cc1nc2c(cnc3c2c(C)nn3-c2ccccc2)cc1C(=O)OC. The Hall–Kier alpha value is -3.81. The molecular formula is C21H18N4O4. The van der Waals surface area contributed by atoms with Crippen molar-refractivity contribution in [3.05, 3.63) is 59.5 Å². The van der Waals surface area contributed by atoms with Crippen LogP contribution in [0.2, 0.25) is 0 Å². The van der Waals surface area contributed by atoms with Crippen molar-refractivity contribution in [3.63, 3.8) is 0 Å². The highest BCUT2D eigenvalue weighted by Gasteiger charge is 2.21. The molecule has 0 aliphatic heterocycles. The first-order chi connectivity index (χ1) is 14.0. The van der Waals surface area contributed by atoms with Crippen molar-refractivity contribution in [2.24, 2.45) is 0 Å². The molecule has 3 heterocycles. The maximum absolute atomic E-state index is 12.2. The second-order valence-corrected chi connectivity index (χ2v) is 6.45. The van der Waals surface area contributed by atoms with Gasteiger partial charge in [-0.05, 0) is 25.1 Å². The van der Waals surface area contributed by atoms with Gasteiger partial charge < -0.3 is 9.47 Å². The van der Waals surface area contributed by atoms with Crippen molar-refractivity contribution in [2.75, 3.05) is 14.2 Å². The van der Waals surface area contributed by atoms with Gasteiger partial charge in [0.25, 0.3) is 0 Å². The average Bonchev–Trinajstić information content (AvgIpc) is 3.10. The number of benzene rings is 1. The van der Waals surface area contributed by atoms with E-state index in [1.54, 1.807) is 16.9 Å². The van der Waals surface area contributed by atoms with Gasteiger partial charge in [-0.25, -0.2) is 14.5 Å². The van der Waals surface area contributed by atoms with Crippen molar-refractivity contribution in [3.8, 4) is 5.69 Å². The van der Waals surface area contributed by atoms with Crippen LogP contribution >= 0.6 is 0 Å². The third kappa shape index (κ3) is 3.18. The van der Waals surface area contributed by atoms with Gasteiger partial charge in [-0.3, -0.25) is 9.78 Å². The summed E-state index contributed by atoms with van der Waals surface area (Å²) in [6.07, 6.45) is 1.49. The Morgan fingerprint density at radius 2 is 1.86 bits per heavy atom. The van der Waals surface area contributed by atoms with E-state index in [1.165, 1.54) is 14.2 Å². The van der Waals surface area contributed by atoms with Gasteiger partial charge in [0.2, 0.25) is 0 Å². The molecule has 0 aliphatic carbocycles. The Morgan fingerprint density at radius 3 is 2.55 bits per heavy atom. The summed E-state index contributed by atoms with van der Waals surface area (Å²) in [5.74, 6) is -1.07. The Bertz CT molecular complexity index is 1250. The third-order valence-corrected chi connectivity index (χ3v) is 4.68. The number of carbonyl (C=O) groups is 2. The molecule has 0 radical (unpaired) electrons. The summed E-state index contributed by atoms with van der Waals surface area (Å²) < 4.78 is 11.3. The van der Waals surface area contributed by atoms with E-state index in [9.17, 15) is 9.59 Å². The van der Waals surface area contributed by atoms with E-state index in [1.807, 2.05) is 37.3 Å². The molecular weight excluding hydrogens is 372 g/mol. The minimum absolute atomic E-state index is 0.146. The van der Waals surface area contributed by atoms with Crippen molar-refractivity contribution >= 4 is 33.9 Å². The second-order valence-electron chi connectivity index (χ2n) is 6.45. The molecule has 0 bridgehead atoms. The summed E-state index contributed by atoms with van der Waals surface area (Å²) in [4.78, 5) is 33.3. The highest BCUT2D eigenvalue weighted by Crippen LogP contribution is 2.28. The first kappa shape index (κ1) is 18.5. The lowest BCUT2D eigenvalue weighted by molar-refractivity contribution is -0.139. The molecule has 146 valence electrons. The van der Waals surface area contributed by atoms with Gasteiger partial charge in [0.15, 0.2) is 5.65 Å². The predicted octanol–water partition coefficient (Wildman–Crippen LogP) is 2.78. The Morgan fingerprint density at radius 1 is 1.10 bits per heavy atom. The van der Waals surface area contributed by atoms with Crippen LogP contribution in [-0.2, 0) is 20.7 Å². The molecule has 0 unspecified atom stereocenters. The van der Waals surface area contributed by atoms with Crippen LogP contribution in [0.25, 0.3) is 27.6 Å². The Kier molecular flexibility index (Phi) is 4.67. The van der Waals surface area contributed by atoms with E-state index in [-0.39, 0.29) is 17.7 Å². The van der Waals surface area contributed by atoms with Crippen LogP contribution in [0.4, 0.5) is 0 Å². The second kappa shape index (κ2) is 7.31. The molecule has 4 aromatic rings. The molecule has 0 aliphatic rings. The third-order valence-electron chi connectivity index (χ3n) is 4.68. The fourth-order valence-corrected chi connectivity index (χ4v) is 3.29. The van der Waals surface area contributed by atoms with Gasteiger partial charge in [0.1, 0.15) is 0 Å². The Balaban J connectivity index is 2.00. The number of aromatic nitrogens is 4. The molecule has 3 aromatic heterocycles. The zero-order valence-corrected chi connectivity index (χ0v) is 16.2. The van der Waals surface area contributed by atoms with Gasteiger partial charge in [0.05, 0.1) is 54.2 Å². The highest BCUT2D eigenvalue weighted by atomic mass is 16.5. The minimum Gasteiger partial charge on any atom is -0.469 e. The van der Waals surface area contributed by atoms with Gasteiger partial charge in [-0.1, -0.05) is 18.2 Å². The first-order valence-corrected chi connectivity index (χ1v) is 8.92. The number of fused-ring (bicyclic) bond motifs is 3. The summed E-state index contributed by atoms with van der Waals surface area (Å²) >= 11 is 0. The average molecular weight is 390 g/mol. The van der Waals surface area contributed by atoms with Crippen LogP contribution in [0.1, 0.15) is 21.7 Å². The number of aryl methyl sites for hydroxylation is 1. The number of ether oxygens (including phenoxy) is 2. The Labute approximate surface area is 166 Å². The topological polar surface area (TPSA) is 96.2 Å². The van der Waals surface area contributed by atoms with Gasteiger partial charge >= 0.3 is 11.9 Å². The minimum atomic E-state index is -0.574. The molecule has 29 heavy (non-hydrogen) atoms. The number of hydrogen-bond donors (Lipinski definition) is 0. The van der Waals surface area contributed by atoms with Crippen molar-refractivity contribution < 1.29 is 19.1 Å². The molecule has 0 saturated carbocycles. The zero-order chi connectivity index (χ0) is 20.5. The van der Waals surface area contributed by atoms with E-state index in [0.29, 0.717) is 16.6 Å². The summed E-state index contributed by atoms with van der Waals surface area (Å²) in [5, 5.41) is 6.03. The zero-order valence-electron chi connectivity index (χ0n) is 16.2. The summed E-state index contributed by atoms with van der Waals surface area (Å²) in [6.45, 7) is 1.87. The fraction of sp³-hybridized carbons (Fsp3) is 0.190. The monoisotopic (exact) mass is 390 g/mol. The van der Waals surface area contributed by atoms with E-state index >= 15 is 0 Å². The summed E-state index contributed by atoms with van der Waals surface area (Å²) in [7, 11) is 2.57. The number of carbonyl (C=O) groups excluding carboxylic acids is 2. The smallest absolute Gasteiger partial charge is 0.339 e. The molecule has 8 heteroatoms.